The maximum absolute atomic E-state index is 11.8. The lowest BCUT2D eigenvalue weighted by Gasteiger charge is -2.21. The number of hydrogen-bond donors (Lipinski definition) is 0. The summed E-state index contributed by atoms with van der Waals surface area (Å²) in [6.45, 7) is 14.1. The Bertz CT molecular complexity index is 729. The second kappa shape index (κ2) is 8.59. The van der Waals surface area contributed by atoms with E-state index < -0.39 is 0 Å². The number of thiazole rings is 2. The number of rotatable bonds is 8. The fourth-order valence-electron chi connectivity index (χ4n) is 2.21. The highest BCUT2D eigenvalue weighted by Gasteiger charge is 2.26. The molecule has 0 unspecified atom stereocenters. The molecule has 0 fully saturated rings. The molecule has 0 aliphatic carbocycles. The second-order valence-corrected chi connectivity index (χ2v) is 9.96. The van der Waals surface area contributed by atoms with E-state index >= 15 is 0 Å². The molecule has 0 aliphatic heterocycles. The molecule has 0 aromatic carbocycles. The van der Waals surface area contributed by atoms with Crippen LogP contribution in [0.4, 0.5) is 0 Å². The first kappa shape index (κ1) is 21.0. The van der Waals surface area contributed by atoms with Gasteiger partial charge in [0, 0.05) is 23.6 Å². The SMILES string of the molecule is CCOC(=O)c1cnc(C(C)(C)CCOCc2cnc(C(C)(C)C)s2)s1. The Hall–Kier alpha value is -1.31. The van der Waals surface area contributed by atoms with E-state index in [-0.39, 0.29) is 16.8 Å². The van der Waals surface area contributed by atoms with Crippen molar-refractivity contribution in [3.05, 3.63) is 32.2 Å². The molecule has 0 atom stereocenters. The zero-order valence-corrected chi connectivity index (χ0v) is 18.1. The molecular weight excluding hydrogens is 368 g/mol. The summed E-state index contributed by atoms with van der Waals surface area (Å²) in [5, 5.41) is 2.06. The van der Waals surface area contributed by atoms with Gasteiger partial charge in [0.2, 0.25) is 0 Å². The molecule has 0 saturated carbocycles. The van der Waals surface area contributed by atoms with Crippen LogP contribution >= 0.6 is 22.7 Å². The van der Waals surface area contributed by atoms with E-state index in [1.54, 1.807) is 24.5 Å². The van der Waals surface area contributed by atoms with Crippen molar-refractivity contribution in [3.8, 4) is 0 Å². The van der Waals surface area contributed by atoms with Gasteiger partial charge in [-0.3, -0.25) is 0 Å². The van der Waals surface area contributed by atoms with Crippen molar-refractivity contribution in [2.75, 3.05) is 13.2 Å². The Balaban J connectivity index is 1.84. The molecule has 2 heterocycles. The third kappa shape index (κ3) is 5.59. The van der Waals surface area contributed by atoms with E-state index in [9.17, 15) is 4.79 Å². The van der Waals surface area contributed by atoms with Crippen LogP contribution in [0.15, 0.2) is 12.4 Å². The predicted octanol–water partition coefficient (Wildman–Crippen LogP) is 4.96. The minimum absolute atomic E-state index is 0.0758. The average molecular weight is 397 g/mol. The maximum atomic E-state index is 11.8. The molecule has 2 aromatic rings. The molecule has 0 N–H and O–H groups in total. The molecule has 0 bridgehead atoms. The minimum Gasteiger partial charge on any atom is -0.462 e. The summed E-state index contributed by atoms with van der Waals surface area (Å²) >= 11 is 3.11. The van der Waals surface area contributed by atoms with E-state index in [1.165, 1.54) is 11.3 Å². The van der Waals surface area contributed by atoms with Crippen LogP contribution in [0.1, 0.15) is 72.5 Å². The lowest BCUT2D eigenvalue weighted by Crippen LogP contribution is -2.19. The fourth-order valence-corrected chi connectivity index (χ4v) is 4.06. The third-order valence-corrected chi connectivity index (χ3v) is 6.61. The summed E-state index contributed by atoms with van der Waals surface area (Å²) in [5.74, 6) is -0.303. The van der Waals surface area contributed by atoms with Gasteiger partial charge >= 0.3 is 5.97 Å². The van der Waals surface area contributed by atoms with Gasteiger partial charge < -0.3 is 9.47 Å². The van der Waals surface area contributed by atoms with Crippen molar-refractivity contribution in [1.82, 2.24) is 9.97 Å². The maximum Gasteiger partial charge on any atom is 0.349 e. The number of esters is 1. The lowest BCUT2D eigenvalue weighted by atomic mass is 9.91. The summed E-state index contributed by atoms with van der Waals surface area (Å²) in [6, 6.07) is 0. The largest absolute Gasteiger partial charge is 0.462 e. The van der Waals surface area contributed by atoms with Crippen molar-refractivity contribution >= 4 is 28.6 Å². The van der Waals surface area contributed by atoms with Crippen LogP contribution < -0.4 is 0 Å². The smallest absolute Gasteiger partial charge is 0.349 e. The number of hydrogen-bond acceptors (Lipinski definition) is 7. The molecule has 0 aliphatic rings. The van der Waals surface area contributed by atoms with E-state index in [0.29, 0.717) is 24.7 Å². The van der Waals surface area contributed by atoms with Gasteiger partial charge in [-0.05, 0) is 13.3 Å². The fraction of sp³-hybridized carbons (Fsp3) is 0.632. The van der Waals surface area contributed by atoms with Crippen molar-refractivity contribution < 1.29 is 14.3 Å². The summed E-state index contributed by atoms with van der Waals surface area (Å²) in [6.07, 6.45) is 4.34. The van der Waals surface area contributed by atoms with E-state index in [4.69, 9.17) is 9.47 Å². The molecule has 2 aromatic heterocycles. The molecule has 7 heteroatoms. The first-order valence-corrected chi connectivity index (χ1v) is 10.4. The average Bonchev–Trinajstić information content (AvgIpc) is 3.21. The van der Waals surface area contributed by atoms with E-state index in [0.717, 1.165) is 21.3 Å². The van der Waals surface area contributed by atoms with Gasteiger partial charge in [-0.15, -0.1) is 22.7 Å². The number of carbonyl (C=O) groups excluding carboxylic acids is 1. The molecule has 0 amide bonds. The standard InChI is InChI=1S/C19H28N2O3S2/c1-7-24-15(22)14-11-21-17(26-14)19(5,6)8-9-23-12-13-10-20-16(25-13)18(2,3)4/h10-11H,7-9,12H2,1-6H3. The van der Waals surface area contributed by atoms with Crippen molar-refractivity contribution in [1.29, 1.82) is 0 Å². The Morgan fingerprint density at radius 1 is 1.08 bits per heavy atom. The number of aromatic nitrogens is 2. The van der Waals surface area contributed by atoms with Crippen LogP contribution in [0.2, 0.25) is 0 Å². The first-order valence-electron chi connectivity index (χ1n) is 8.80. The highest BCUT2D eigenvalue weighted by molar-refractivity contribution is 7.13. The van der Waals surface area contributed by atoms with E-state index in [2.05, 4.69) is 44.6 Å². The van der Waals surface area contributed by atoms with Gasteiger partial charge in [0.1, 0.15) is 4.88 Å². The third-order valence-electron chi connectivity index (χ3n) is 3.87. The van der Waals surface area contributed by atoms with Gasteiger partial charge in [0.05, 0.1) is 34.3 Å². The molecule has 26 heavy (non-hydrogen) atoms. The molecular formula is C19H28N2O3S2. The highest BCUT2D eigenvalue weighted by Crippen LogP contribution is 2.31. The van der Waals surface area contributed by atoms with Crippen molar-refractivity contribution in [2.24, 2.45) is 0 Å². The molecule has 0 radical (unpaired) electrons. The zero-order chi connectivity index (χ0) is 19.4. The predicted molar refractivity (Wildman–Crippen MR) is 106 cm³/mol. The van der Waals surface area contributed by atoms with Crippen LogP contribution in [-0.4, -0.2) is 29.2 Å². The molecule has 5 nitrogen and oxygen atoms in total. The molecule has 0 saturated heterocycles. The monoisotopic (exact) mass is 396 g/mol. The van der Waals surface area contributed by atoms with Crippen LogP contribution in [0.3, 0.4) is 0 Å². The normalized spacial score (nSPS) is 12.4. The van der Waals surface area contributed by atoms with Gasteiger partial charge in [-0.25, -0.2) is 14.8 Å². The van der Waals surface area contributed by atoms with Gasteiger partial charge in [0.15, 0.2) is 0 Å². The minimum atomic E-state index is -0.303. The van der Waals surface area contributed by atoms with Gasteiger partial charge in [-0.2, -0.15) is 0 Å². The quantitative estimate of drug-likeness (QED) is 0.466. The van der Waals surface area contributed by atoms with Gasteiger partial charge in [0.25, 0.3) is 0 Å². The van der Waals surface area contributed by atoms with Crippen molar-refractivity contribution in [3.63, 3.8) is 0 Å². The summed E-state index contributed by atoms with van der Waals surface area (Å²) in [4.78, 5) is 22.4. The number of carbonyl (C=O) groups is 1. The Morgan fingerprint density at radius 3 is 2.38 bits per heavy atom. The second-order valence-electron chi connectivity index (χ2n) is 7.82. The zero-order valence-electron chi connectivity index (χ0n) is 16.4. The summed E-state index contributed by atoms with van der Waals surface area (Å²) in [5.41, 5.74) is -0.0773. The van der Waals surface area contributed by atoms with Crippen LogP contribution in [0, 0.1) is 0 Å². The lowest BCUT2D eigenvalue weighted by molar-refractivity contribution is 0.0532. The molecule has 2 rings (SSSR count). The number of nitrogens with zero attached hydrogens (tertiary/aromatic N) is 2. The summed E-state index contributed by atoms with van der Waals surface area (Å²) in [7, 11) is 0. The Labute approximate surface area is 163 Å². The Morgan fingerprint density at radius 2 is 1.77 bits per heavy atom. The number of ether oxygens (including phenoxy) is 2. The first-order chi connectivity index (χ1) is 12.1. The highest BCUT2D eigenvalue weighted by atomic mass is 32.1. The molecule has 0 spiro atoms. The molecule has 144 valence electrons. The van der Waals surface area contributed by atoms with Crippen LogP contribution in [0.5, 0.6) is 0 Å². The van der Waals surface area contributed by atoms with E-state index in [1.807, 2.05) is 6.20 Å². The van der Waals surface area contributed by atoms with Crippen molar-refractivity contribution in [2.45, 2.75) is 65.4 Å². The topological polar surface area (TPSA) is 61.3 Å². The summed E-state index contributed by atoms with van der Waals surface area (Å²) < 4.78 is 10.9. The Kier molecular flexibility index (Phi) is 6.93. The van der Waals surface area contributed by atoms with Crippen LogP contribution in [-0.2, 0) is 26.9 Å². The van der Waals surface area contributed by atoms with Gasteiger partial charge in [-0.1, -0.05) is 34.6 Å². The van der Waals surface area contributed by atoms with Crippen LogP contribution in [0.25, 0.3) is 0 Å².